The lowest BCUT2D eigenvalue weighted by Gasteiger charge is -2.36. The van der Waals surface area contributed by atoms with Gasteiger partial charge in [0.1, 0.15) is 16.9 Å². The number of aromatic amines is 1. The molecule has 1 amide bonds. The van der Waals surface area contributed by atoms with E-state index in [1.807, 2.05) is 4.90 Å². The van der Waals surface area contributed by atoms with E-state index in [4.69, 9.17) is 4.84 Å². The fourth-order valence-electron chi connectivity index (χ4n) is 3.97. The fraction of sp³-hybridized carbons (Fsp3) is 0.391. The van der Waals surface area contributed by atoms with Gasteiger partial charge in [-0.15, -0.1) is 0 Å². The number of carbonyl (C=O) groups is 1. The molecule has 192 valence electrons. The van der Waals surface area contributed by atoms with Crippen molar-refractivity contribution in [1.29, 1.82) is 0 Å². The summed E-state index contributed by atoms with van der Waals surface area (Å²) in [6.07, 6.45) is 0. The predicted molar refractivity (Wildman–Crippen MR) is 125 cm³/mol. The lowest BCUT2D eigenvalue weighted by Crippen LogP contribution is -2.46. The van der Waals surface area contributed by atoms with Crippen LogP contribution in [0.4, 0.5) is 18.9 Å². The molecule has 0 bridgehead atoms. The van der Waals surface area contributed by atoms with E-state index in [2.05, 4.69) is 30.1 Å². The summed E-state index contributed by atoms with van der Waals surface area (Å²) in [6, 6.07) is 6.10. The number of hydrogen-bond acceptors (Lipinski definition) is 8. The van der Waals surface area contributed by atoms with Crippen molar-refractivity contribution in [2.45, 2.75) is 27.0 Å². The third kappa shape index (κ3) is 5.74. The largest absolute Gasteiger partial charge is 0.432 e. The molecule has 3 aromatic rings. The Hall–Kier alpha value is -3.71. The van der Waals surface area contributed by atoms with Gasteiger partial charge < -0.3 is 14.6 Å². The van der Waals surface area contributed by atoms with Crippen LogP contribution < -0.4 is 20.7 Å². The van der Waals surface area contributed by atoms with Crippen molar-refractivity contribution < 1.29 is 27.5 Å². The summed E-state index contributed by atoms with van der Waals surface area (Å²) in [6.45, 7) is 2.88. The van der Waals surface area contributed by atoms with E-state index < -0.39 is 24.0 Å². The Kier molecular flexibility index (Phi) is 7.70. The van der Waals surface area contributed by atoms with Gasteiger partial charge in [-0.05, 0) is 43.7 Å². The standard InChI is InChI=1S/C23H25F3N6O4/c1-3-35-30-22(34)15-4-5-17(20(24)28-15)32-8-6-31(7-9-32)12-14-10-16-19(18(11-14)36-23(25)26)27-13(2)21(33)29-16/h4-5,10-11,23H,3,6-9,12H2,1-2H3,(H,29,33)(H,30,34). The van der Waals surface area contributed by atoms with Gasteiger partial charge in [-0.3, -0.25) is 19.3 Å². The average Bonchev–Trinajstić information content (AvgIpc) is 2.84. The molecule has 2 N–H and O–H groups in total. The van der Waals surface area contributed by atoms with E-state index in [1.165, 1.54) is 25.1 Å². The van der Waals surface area contributed by atoms with Crippen LogP contribution in [0.1, 0.15) is 28.7 Å². The van der Waals surface area contributed by atoms with Crippen LogP contribution >= 0.6 is 0 Å². The summed E-state index contributed by atoms with van der Waals surface area (Å²) < 4.78 is 45.2. The second kappa shape index (κ2) is 10.9. The van der Waals surface area contributed by atoms with Gasteiger partial charge >= 0.3 is 6.61 Å². The number of aryl methyl sites for hydroxylation is 1. The van der Waals surface area contributed by atoms with Gasteiger partial charge in [0.05, 0.1) is 17.8 Å². The highest BCUT2D eigenvalue weighted by Gasteiger charge is 2.22. The molecule has 3 heterocycles. The maximum absolute atomic E-state index is 14.6. The zero-order valence-electron chi connectivity index (χ0n) is 19.7. The molecule has 0 aliphatic carbocycles. The molecule has 0 spiro atoms. The molecule has 0 atom stereocenters. The highest BCUT2D eigenvalue weighted by molar-refractivity contribution is 5.91. The number of hydrogen-bond donors (Lipinski definition) is 2. The highest BCUT2D eigenvalue weighted by atomic mass is 19.3. The van der Waals surface area contributed by atoms with Crippen molar-refractivity contribution in [3.8, 4) is 5.75 Å². The minimum Gasteiger partial charge on any atom is -0.432 e. The van der Waals surface area contributed by atoms with Crippen LogP contribution in [0.15, 0.2) is 29.1 Å². The zero-order chi connectivity index (χ0) is 25.8. The summed E-state index contributed by atoms with van der Waals surface area (Å²) >= 11 is 0. The first-order valence-electron chi connectivity index (χ1n) is 11.3. The lowest BCUT2D eigenvalue weighted by atomic mass is 10.1. The first kappa shape index (κ1) is 25.4. The zero-order valence-corrected chi connectivity index (χ0v) is 19.7. The molecular formula is C23H25F3N6O4. The number of rotatable bonds is 8. The Morgan fingerprint density at radius 3 is 2.61 bits per heavy atom. The number of anilines is 1. The number of piperazine rings is 1. The van der Waals surface area contributed by atoms with Gasteiger partial charge in [0.15, 0.2) is 5.75 Å². The highest BCUT2D eigenvalue weighted by Crippen LogP contribution is 2.27. The lowest BCUT2D eigenvalue weighted by molar-refractivity contribution is -0.0489. The van der Waals surface area contributed by atoms with Crippen LogP contribution in [0.5, 0.6) is 5.75 Å². The van der Waals surface area contributed by atoms with Gasteiger partial charge in [-0.2, -0.15) is 13.2 Å². The van der Waals surface area contributed by atoms with Crippen LogP contribution in [0.3, 0.4) is 0 Å². The maximum atomic E-state index is 14.6. The molecule has 1 aromatic carbocycles. The third-order valence-corrected chi connectivity index (χ3v) is 5.70. The van der Waals surface area contributed by atoms with Crippen molar-refractivity contribution >= 4 is 22.6 Å². The van der Waals surface area contributed by atoms with Gasteiger partial charge in [0.2, 0.25) is 5.95 Å². The number of pyridine rings is 1. The van der Waals surface area contributed by atoms with Crippen LogP contribution in [-0.2, 0) is 11.4 Å². The van der Waals surface area contributed by atoms with Crippen molar-refractivity contribution in [3.05, 3.63) is 57.5 Å². The summed E-state index contributed by atoms with van der Waals surface area (Å²) in [5.41, 5.74) is 3.21. The molecule has 0 unspecified atom stereocenters. The first-order chi connectivity index (χ1) is 17.2. The number of hydroxylamine groups is 1. The Labute approximate surface area is 204 Å². The second-order valence-corrected chi connectivity index (χ2v) is 8.15. The van der Waals surface area contributed by atoms with E-state index in [1.54, 1.807) is 13.0 Å². The Balaban J connectivity index is 1.45. The van der Waals surface area contributed by atoms with Gasteiger partial charge in [-0.1, -0.05) is 0 Å². The number of H-pyrrole nitrogens is 1. The molecule has 1 fully saturated rings. The molecule has 10 nitrogen and oxygen atoms in total. The molecule has 1 aliphatic heterocycles. The Bertz CT molecular complexity index is 1310. The molecule has 13 heteroatoms. The van der Waals surface area contributed by atoms with Crippen molar-refractivity contribution in [1.82, 2.24) is 25.3 Å². The van der Waals surface area contributed by atoms with E-state index in [9.17, 15) is 22.8 Å². The Morgan fingerprint density at radius 1 is 1.19 bits per heavy atom. The van der Waals surface area contributed by atoms with Crippen molar-refractivity contribution in [2.24, 2.45) is 0 Å². The van der Waals surface area contributed by atoms with E-state index in [-0.39, 0.29) is 34.9 Å². The number of aromatic nitrogens is 3. The normalized spacial score (nSPS) is 14.4. The summed E-state index contributed by atoms with van der Waals surface area (Å²) in [7, 11) is 0. The van der Waals surface area contributed by atoms with Crippen LogP contribution in [0, 0.1) is 12.9 Å². The number of halogens is 3. The van der Waals surface area contributed by atoms with Crippen LogP contribution in [0.2, 0.25) is 0 Å². The number of nitrogens with one attached hydrogen (secondary N) is 2. The predicted octanol–water partition coefficient (Wildman–Crippen LogP) is 2.37. The summed E-state index contributed by atoms with van der Waals surface area (Å²) in [5.74, 6) is -1.51. The van der Waals surface area contributed by atoms with Gasteiger partial charge in [0.25, 0.3) is 11.5 Å². The molecule has 4 rings (SSSR count). The molecular weight excluding hydrogens is 481 g/mol. The topological polar surface area (TPSA) is 113 Å². The quantitative estimate of drug-likeness (QED) is 0.354. The van der Waals surface area contributed by atoms with E-state index in [0.717, 1.165) is 0 Å². The average molecular weight is 506 g/mol. The van der Waals surface area contributed by atoms with Crippen LogP contribution in [-0.4, -0.2) is 65.2 Å². The number of fused-ring (bicyclic) bond motifs is 1. The Morgan fingerprint density at radius 2 is 1.94 bits per heavy atom. The smallest absolute Gasteiger partial charge is 0.387 e. The molecule has 2 aromatic heterocycles. The van der Waals surface area contributed by atoms with Gasteiger partial charge in [-0.25, -0.2) is 15.4 Å². The first-order valence-corrected chi connectivity index (χ1v) is 11.3. The number of carbonyl (C=O) groups excluding carboxylic acids is 1. The molecule has 1 saturated heterocycles. The van der Waals surface area contributed by atoms with E-state index >= 15 is 0 Å². The number of nitrogens with zero attached hydrogens (tertiary/aromatic N) is 4. The third-order valence-electron chi connectivity index (χ3n) is 5.70. The molecule has 0 radical (unpaired) electrons. The molecule has 1 aliphatic rings. The number of ether oxygens (including phenoxy) is 1. The second-order valence-electron chi connectivity index (χ2n) is 8.15. The summed E-state index contributed by atoms with van der Waals surface area (Å²) in [5, 5.41) is 0. The van der Waals surface area contributed by atoms with Crippen molar-refractivity contribution in [3.63, 3.8) is 0 Å². The van der Waals surface area contributed by atoms with Gasteiger partial charge in [0, 0.05) is 32.7 Å². The minimum atomic E-state index is -3.04. The SMILES string of the molecule is CCONC(=O)c1ccc(N2CCN(Cc3cc(OC(F)F)c4nc(C)c(=O)[nH]c4c3)CC2)c(F)n1. The van der Waals surface area contributed by atoms with Crippen LogP contribution in [0.25, 0.3) is 11.0 Å². The fourth-order valence-corrected chi connectivity index (χ4v) is 3.97. The monoisotopic (exact) mass is 506 g/mol. The van der Waals surface area contributed by atoms with E-state index in [0.29, 0.717) is 43.8 Å². The molecule has 36 heavy (non-hydrogen) atoms. The van der Waals surface area contributed by atoms with Crippen molar-refractivity contribution in [2.75, 3.05) is 37.7 Å². The minimum absolute atomic E-state index is 0.0933. The molecule has 0 saturated carbocycles. The number of amides is 1. The maximum Gasteiger partial charge on any atom is 0.387 e. The number of benzene rings is 1. The number of alkyl halides is 2. The summed E-state index contributed by atoms with van der Waals surface area (Å²) in [4.78, 5) is 43.1.